The van der Waals surface area contributed by atoms with Gasteiger partial charge in [0.1, 0.15) is 23.7 Å². The second-order valence-electron chi connectivity index (χ2n) is 8.09. The molecule has 0 saturated heterocycles. The van der Waals surface area contributed by atoms with Crippen LogP contribution >= 0.6 is 0 Å². The van der Waals surface area contributed by atoms with Crippen molar-refractivity contribution in [2.75, 3.05) is 11.1 Å². The van der Waals surface area contributed by atoms with E-state index in [1.165, 1.54) is 6.33 Å². The molecule has 1 aliphatic carbocycles. The van der Waals surface area contributed by atoms with E-state index in [4.69, 9.17) is 16.6 Å². The minimum atomic E-state index is -4.54. The van der Waals surface area contributed by atoms with Gasteiger partial charge in [0.2, 0.25) is 0 Å². The van der Waals surface area contributed by atoms with Crippen LogP contribution in [0.5, 0.6) is 0 Å². The highest BCUT2D eigenvalue weighted by molar-refractivity contribution is 6.04. The van der Waals surface area contributed by atoms with E-state index in [0.29, 0.717) is 22.3 Å². The smallest absolute Gasteiger partial charge is 0.383 e. The summed E-state index contributed by atoms with van der Waals surface area (Å²) in [5.41, 5.74) is 13.2. The summed E-state index contributed by atoms with van der Waals surface area (Å²) in [5.74, 6) is -0.510. The summed E-state index contributed by atoms with van der Waals surface area (Å²) in [6.07, 6.45) is -0.601. The Morgan fingerprint density at radius 3 is 2.50 bits per heavy atom. The molecule has 0 spiro atoms. The third-order valence-corrected chi connectivity index (χ3v) is 5.76. The maximum Gasteiger partial charge on any atom is 0.416 e. The molecule has 1 aromatic carbocycles. The number of carbonyl (C=O) groups excluding carboxylic acids is 1. The van der Waals surface area contributed by atoms with Gasteiger partial charge in [-0.25, -0.2) is 19.6 Å². The van der Waals surface area contributed by atoms with E-state index in [-0.39, 0.29) is 29.3 Å². The number of hydrogen-bond acceptors (Lipinski definition) is 7. The predicted octanol–water partition coefficient (Wildman–Crippen LogP) is 3.40. The molecule has 3 aromatic heterocycles. The molecule has 5 rings (SSSR count). The number of rotatable bonds is 4. The minimum absolute atomic E-state index is 0.116. The maximum atomic E-state index is 12.9. The molecule has 1 aliphatic rings. The Morgan fingerprint density at radius 2 is 1.82 bits per heavy atom. The van der Waals surface area contributed by atoms with Crippen molar-refractivity contribution in [2.45, 2.75) is 31.1 Å². The molecule has 4 aromatic rings. The number of carbonyl (C=O) groups is 1. The second-order valence-corrected chi connectivity index (χ2v) is 8.09. The van der Waals surface area contributed by atoms with E-state index < -0.39 is 17.6 Å². The summed E-state index contributed by atoms with van der Waals surface area (Å²) in [7, 11) is 0. The van der Waals surface area contributed by atoms with Gasteiger partial charge in [0.15, 0.2) is 5.65 Å². The van der Waals surface area contributed by atoms with Crippen molar-refractivity contribution < 1.29 is 18.0 Å². The SMILES string of the molecule is Nc1ncnc2c1c(-c1ccc(C(=O)Nc3cc(C(F)(F)F)ccn3)cc1)nn2[C@H]1C[C@@H](N)C1. The third-order valence-electron chi connectivity index (χ3n) is 5.76. The highest BCUT2D eigenvalue weighted by atomic mass is 19.4. The van der Waals surface area contributed by atoms with Crippen molar-refractivity contribution in [1.82, 2.24) is 24.7 Å². The molecular formula is C22H19F3N8O. The number of amides is 1. The first-order chi connectivity index (χ1) is 16.2. The van der Waals surface area contributed by atoms with Crippen LogP contribution in [-0.4, -0.2) is 36.7 Å². The predicted molar refractivity (Wildman–Crippen MR) is 119 cm³/mol. The Kier molecular flexibility index (Phi) is 5.16. The summed E-state index contributed by atoms with van der Waals surface area (Å²) in [4.78, 5) is 24.8. The van der Waals surface area contributed by atoms with E-state index in [0.717, 1.165) is 31.2 Å². The number of nitrogens with two attached hydrogens (primary N) is 2. The Bertz CT molecular complexity index is 1380. The van der Waals surface area contributed by atoms with E-state index in [1.54, 1.807) is 24.3 Å². The topological polar surface area (TPSA) is 138 Å². The van der Waals surface area contributed by atoms with Crippen LogP contribution in [0.1, 0.15) is 34.8 Å². The fourth-order valence-corrected chi connectivity index (χ4v) is 3.92. The lowest BCUT2D eigenvalue weighted by Gasteiger charge is -2.32. The molecule has 0 unspecified atom stereocenters. The lowest BCUT2D eigenvalue weighted by molar-refractivity contribution is -0.137. The number of fused-ring (bicyclic) bond motifs is 1. The molecule has 1 amide bonds. The van der Waals surface area contributed by atoms with Crippen LogP contribution in [0.15, 0.2) is 48.9 Å². The van der Waals surface area contributed by atoms with Crippen molar-refractivity contribution in [3.8, 4) is 11.3 Å². The molecule has 0 radical (unpaired) electrons. The summed E-state index contributed by atoms with van der Waals surface area (Å²) in [6, 6.07) is 8.30. The number of nitrogen functional groups attached to an aromatic ring is 1. The summed E-state index contributed by atoms with van der Waals surface area (Å²) >= 11 is 0. The van der Waals surface area contributed by atoms with Crippen molar-refractivity contribution in [1.29, 1.82) is 0 Å². The zero-order chi connectivity index (χ0) is 24.0. The van der Waals surface area contributed by atoms with Crippen LogP contribution in [0.25, 0.3) is 22.3 Å². The summed E-state index contributed by atoms with van der Waals surface area (Å²) in [6.45, 7) is 0. The number of halogens is 3. The van der Waals surface area contributed by atoms with Gasteiger partial charge in [-0.15, -0.1) is 0 Å². The van der Waals surface area contributed by atoms with Crippen molar-refractivity contribution in [2.24, 2.45) is 5.73 Å². The van der Waals surface area contributed by atoms with Crippen LogP contribution in [0, 0.1) is 0 Å². The van der Waals surface area contributed by atoms with E-state index in [1.807, 2.05) is 4.68 Å². The van der Waals surface area contributed by atoms with Crippen LogP contribution in [0.3, 0.4) is 0 Å². The average molecular weight is 468 g/mol. The molecule has 5 N–H and O–H groups in total. The van der Waals surface area contributed by atoms with Gasteiger partial charge < -0.3 is 16.8 Å². The number of aromatic nitrogens is 5. The van der Waals surface area contributed by atoms with Gasteiger partial charge in [0.25, 0.3) is 5.91 Å². The first kappa shape index (κ1) is 21.8. The summed E-state index contributed by atoms with van der Waals surface area (Å²) in [5, 5.41) is 7.70. The minimum Gasteiger partial charge on any atom is -0.383 e. The normalized spacial score (nSPS) is 18.0. The number of nitrogens with zero attached hydrogens (tertiary/aromatic N) is 5. The molecular weight excluding hydrogens is 449 g/mol. The highest BCUT2D eigenvalue weighted by Crippen LogP contribution is 2.37. The van der Waals surface area contributed by atoms with Gasteiger partial charge in [0, 0.05) is 23.4 Å². The molecule has 9 nitrogen and oxygen atoms in total. The molecule has 0 aliphatic heterocycles. The Hall–Kier alpha value is -4.06. The van der Waals surface area contributed by atoms with Gasteiger partial charge in [0.05, 0.1) is 17.0 Å². The Morgan fingerprint density at radius 1 is 1.09 bits per heavy atom. The molecule has 174 valence electrons. The molecule has 12 heteroatoms. The first-order valence-electron chi connectivity index (χ1n) is 10.4. The van der Waals surface area contributed by atoms with Crippen molar-refractivity contribution >= 4 is 28.6 Å². The van der Waals surface area contributed by atoms with E-state index in [2.05, 4.69) is 20.3 Å². The lowest BCUT2D eigenvalue weighted by atomic mass is 9.88. The number of hydrogen-bond donors (Lipinski definition) is 3. The lowest BCUT2D eigenvalue weighted by Crippen LogP contribution is -2.38. The van der Waals surface area contributed by atoms with Gasteiger partial charge >= 0.3 is 6.18 Å². The maximum absolute atomic E-state index is 12.9. The van der Waals surface area contributed by atoms with Crippen LogP contribution in [-0.2, 0) is 6.18 Å². The summed E-state index contributed by atoms with van der Waals surface area (Å²) < 4.78 is 40.5. The third kappa shape index (κ3) is 3.92. The molecule has 1 saturated carbocycles. The van der Waals surface area contributed by atoms with Gasteiger partial charge in [-0.05, 0) is 37.1 Å². The van der Waals surface area contributed by atoms with Crippen LogP contribution in [0.2, 0.25) is 0 Å². The number of benzene rings is 1. The highest BCUT2D eigenvalue weighted by Gasteiger charge is 2.32. The average Bonchev–Trinajstić information content (AvgIpc) is 3.17. The Balaban J connectivity index is 1.42. The largest absolute Gasteiger partial charge is 0.416 e. The zero-order valence-electron chi connectivity index (χ0n) is 17.6. The monoisotopic (exact) mass is 468 g/mol. The molecule has 3 heterocycles. The fraction of sp³-hybridized carbons (Fsp3) is 0.227. The Labute approximate surface area is 191 Å². The van der Waals surface area contributed by atoms with E-state index in [9.17, 15) is 18.0 Å². The molecule has 1 fully saturated rings. The van der Waals surface area contributed by atoms with Gasteiger partial charge in [-0.2, -0.15) is 18.3 Å². The quantitative estimate of drug-likeness (QED) is 0.417. The first-order valence-corrected chi connectivity index (χ1v) is 10.4. The zero-order valence-corrected chi connectivity index (χ0v) is 17.6. The number of anilines is 2. The number of alkyl halides is 3. The number of nitrogens with one attached hydrogen (secondary N) is 1. The van der Waals surface area contributed by atoms with Crippen LogP contribution < -0.4 is 16.8 Å². The van der Waals surface area contributed by atoms with Crippen molar-refractivity contribution in [3.63, 3.8) is 0 Å². The second kappa shape index (κ2) is 8.06. The van der Waals surface area contributed by atoms with Crippen molar-refractivity contribution in [3.05, 3.63) is 60.0 Å². The standard InChI is InChI=1S/C22H19F3N8O/c23-22(24,25)13-5-6-28-16(7-13)31-21(34)12-3-1-11(2-4-12)18-17-19(27)29-10-30-20(17)33(32-18)15-8-14(26)9-15/h1-7,10,14-15H,8-9,26H2,(H2,27,29,30)(H,28,31,34)/t14-,15+. The number of pyridine rings is 1. The fourth-order valence-electron chi connectivity index (χ4n) is 3.92. The van der Waals surface area contributed by atoms with Crippen LogP contribution in [0.4, 0.5) is 24.8 Å². The van der Waals surface area contributed by atoms with Gasteiger partial charge in [-0.3, -0.25) is 4.79 Å². The molecule has 0 bridgehead atoms. The van der Waals surface area contributed by atoms with Gasteiger partial charge in [-0.1, -0.05) is 12.1 Å². The molecule has 34 heavy (non-hydrogen) atoms. The van der Waals surface area contributed by atoms with E-state index >= 15 is 0 Å². The molecule has 0 atom stereocenters.